The second kappa shape index (κ2) is 8.53. The SMILES string of the molecule is COC(=O)c1ccc(C)c(NC(=O)CN(c2ccc(Br)cc2)S(C)(=O)=O)c1. The molecule has 2 rings (SSSR count). The summed E-state index contributed by atoms with van der Waals surface area (Å²) in [4.78, 5) is 24.1. The summed E-state index contributed by atoms with van der Waals surface area (Å²) in [6.45, 7) is 1.36. The Morgan fingerprint density at radius 3 is 2.33 bits per heavy atom. The van der Waals surface area contributed by atoms with Crippen LogP contribution in [-0.4, -0.2) is 40.2 Å². The van der Waals surface area contributed by atoms with E-state index >= 15 is 0 Å². The molecule has 0 aliphatic heterocycles. The minimum absolute atomic E-state index is 0.284. The van der Waals surface area contributed by atoms with E-state index in [4.69, 9.17) is 0 Å². The van der Waals surface area contributed by atoms with Crippen molar-refractivity contribution in [2.24, 2.45) is 0 Å². The van der Waals surface area contributed by atoms with Crippen molar-refractivity contribution in [1.29, 1.82) is 0 Å². The molecule has 1 amide bonds. The average Bonchev–Trinajstić information content (AvgIpc) is 2.61. The van der Waals surface area contributed by atoms with Gasteiger partial charge in [-0.05, 0) is 48.9 Å². The van der Waals surface area contributed by atoms with Crippen LogP contribution in [-0.2, 0) is 19.6 Å². The maximum atomic E-state index is 12.5. The molecule has 2 aromatic carbocycles. The van der Waals surface area contributed by atoms with Crippen LogP contribution < -0.4 is 9.62 Å². The van der Waals surface area contributed by atoms with Crippen molar-refractivity contribution >= 4 is 49.2 Å². The van der Waals surface area contributed by atoms with E-state index < -0.39 is 28.4 Å². The van der Waals surface area contributed by atoms with Crippen LogP contribution in [0.2, 0.25) is 0 Å². The molecule has 9 heteroatoms. The third kappa shape index (κ3) is 5.54. The Morgan fingerprint density at radius 2 is 1.78 bits per heavy atom. The first-order valence-corrected chi connectivity index (χ1v) is 10.5. The van der Waals surface area contributed by atoms with Gasteiger partial charge in [0.25, 0.3) is 0 Å². The predicted octanol–water partition coefficient (Wildman–Crippen LogP) is 2.95. The highest BCUT2D eigenvalue weighted by Gasteiger charge is 2.21. The zero-order valence-corrected chi connectivity index (χ0v) is 17.4. The Balaban J connectivity index is 2.24. The number of hydrogen-bond acceptors (Lipinski definition) is 5. The van der Waals surface area contributed by atoms with Gasteiger partial charge in [0, 0.05) is 10.2 Å². The Labute approximate surface area is 166 Å². The van der Waals surface area contributed by atoms with Gasteiger partial charge in [-0.25, -0.2) is 13.2 Å². The molecule has 27 heavy (non-hydrogen) atoms. The van der Waals surface area contributed by atoms with Crippen LogP contribution in [0.1, 0.15) is 15.9 Å². The van der Waals surface area contributed by atoms with Crippen LogP contribution in [0, 0.1) is 6.92 Å². The summed E-state index contributed by atoms with van der Waals surface area (Å²) in [5.41, 5.74) is 1.79. The summed E-state index contributed by atoms with van der Waals surface area (Å²) in [7, 11) is -2.40. The Bertz CT molecular complexity index is 958. The van der Waals surface area contributed by atoms with Crippen molar-refractivity contribution in [3.63, 3.8) is 0 Å². The summed E-state index contributed by atoms with van der Waals surface area (Å²) in [5.74, 6) is -1.06. The monoisotopic (exact) mass is 454 g/mol. The van der Waals surface area contributed by atoms with E-state index in [-0.39, 0.29) is 5.56 Å². The molecule has 0 fully saturated rings. The molecule has 0 unspecified atom stereocenters. The highest BCUT2D eigenvalue weighted by molar-refractivity contribution is 9.10. The molecule has 0 heterocycles. The van der Waals surface area contributed by atoms with E-state index in [9.17, 15) is 18.0 Å². The number of anilines is 2. The number of esters is 1. The van der Waals surface area contributed by atoms with Crippen LogP contribution >= 0.6 is 15.9 Å². The molecule has 0 atom stereocenters. The van der Waals surface area contributed by atoms with Crippen molar-refractivity contribution in [1.82, 2.24) is 0 Å². The summed E-state index contributed by atoms with van der Waals surface area (Å²) < 4.78 is 30.7. The fourth-order valence-corrected chi connectivity index (χ4v) is 3.45. The van der Waals surface area contributed by atoms with E-state index in [0.717, 1.165) is 20.6 Å². The lowest BCUT2D eigenvalue weighted by Gasteiger charge is -2.22. The number of carbonyl (C=O) groups excluding carboxylic acids is 2. The third-order valence-corrected chi connectivity index (χ3v) is 5.40. The number of sulfonamides is 1. The van der Waals surface area contributed by atoms with Gasteiger partial charge < -0.3 is 10.1 Å². The molecule has 2 aromatic rings. The van der Waals surface area contributed by atoms with Gasteiger partial charge in [-0.3, -0.25) is 9.10 Å². The van der Waals surface area contributed by atoms with Crippen LogP contribution in [0.3, 0.4) is 0 Å². The van der Waals surface area contributed by atoms with E-state index in [2.05, 4.69) is 26.0 Å². The maximum absolute atomic E-state index is 12.5. The van der Waals surface area contributed by atoms with E-state index in [1.807, 2.05) is 0 Å². The van der Waals surface area contributed by atoms with Gasteiger partial charge >= 0.3 is 5.97 Å². The van der Waals surface area contributed by atoms with Gasteiger partial charge in [-0.1, -0.05) is 22.0 Å². The molecule has 1 N–H and O–H groups in total. The molecular weight excluding hydrogens is 436 g/mol. The quantitative estimate of drug-likeness (QED) is 0.677. The number of benzene rings is 2. The van der Waals surface area contributed by atoms with Crippen molar-refractivity contribution in [2.75, 3.05) is 29.5 Å². The number of ether oxygens (including phenoxy) is 1. The number of rotatable bonds is 6. The van der Waals surface area contributed by atoms with Crippen molar-refractivity contribution < 1.29 is 22.7 Å². The molecular formula is C18H19BrN2O5S. The zero-order chi connectivity index (χ0) is 20.2. The maximum Gasteiger partial charge on any atom is 0.337 e. The number of aryl methyl sites for hydroxylation is 1. The molecule has 0 saturated heterocycles. The number of hydrogen-bond donors (Lipinski definition) is 1. The van der Waals surface area contributed by atoms with Crippen molar-refractivity contribution in [3.05, 3.63) is 58.1 Å². The van der Waals surface area contributed by atoms with Crippen LogP contribution in [0.25, 0.3) is 0 Å². The van der Waals surface area contributed by atoms with Gasteiger partial charge in [-0.15, -0.1) is 0 Å². The van der Waals surface area contributed by atoms with Crippen LogP contribution in [0.15, 0.2) is 46.9 Å². The van der Waals surface area contributed by atoms with Gasteiger partial charge in [0.15, 0.2) is 0 Å². The second-order valence-electron chi connectivity index (χ2n) is 5.82. The van der Waals surface area contributed by atoms with E-state index in [0.29, 0.717) is 11.4 Å². The molecule has 0 aliphatic rings. The summed E-state index contributed by atoms with van der Waals surface area (Å²) in [6.07, 6.45) is 1.03. The Morgan fingerprint density at radius 1 is 1.15 bits per heavy atom. The molecule has 0 aromatic heterocycles. The molecule has 0 aliphatic carbocycles. The van der Waals surface area contributed by atoms with Crippen LogP contribution in [0.4, 0.5) is 11.4 Å². The van der Waals surface area contributed by atoms with Crippen molar-refractivity contribution in [2.45, 2.75) is 6.92 Å². The largest absolute Gasteiger partial charge is 0.465 e. The molecule has 0 spiro atoms. The second-order valence-corrected chi connectivity index (χ2v) is 8.64. The zero-order valence-electron chi connectivity index (χ0n) is 15.0. The van der Waals surface area contributed by atoms with Gasteiger partial charge in [0.2, 0.25) is 15.9 Å². The molecule has 144 valence electrons. The first-order valence-electron chi connectivity index (χ1n) is 7.84. The minimum atomic E-state index is -3.67. The first-order chi connectivity index (χ1) is 12.6. The van der Waals surface area contributed by atoms with Crippen molar-refractivity contribution in [3.8, 4) is 0 Å². The van der Waals surface area contributed by atoms with E-state index in [1.165, 1.54) is 13.2 Å². The average molecular weight is 455 g/mol. The molecule has 0 bridgehead atoms. The summed E-state index contributed by atoms with van der Waals surface area (Å²) in [6, 6.07) is 11.3. The Kier molecular flexibility index (Phi) is 6.61. The van der Waals surface area contributed by atoms with Gasteiger partial charge in [0.05, 0.1) is 24.6 Å². The lowest BCUT2D eigenvalue weighted by Crippen LogP contribution is -2.37. The van der Waals surface area contributed by atoms with Gasteiger partial charge in [-0.2, -0.15) is 0 Å². The highest BCUT2D eigenvalue weighted by atomic mass is 79.9. The number of nitrogens with zero attached hydrogens (tertiary/aromatic N) is 1. The van der Waals surface area contributed by atoms with E-state index in [1.54, 1.807) is 43.3 Å². The predicted molar refractivity (Wildman–Crippen MR) is 107 cm³/mol. The minimum Gasteiger partial charge on any atom is -0.465 e. The standard InChI is InChI=1S/C18H19BrN2O5S/c1-12-4-5-13(18(23)26-2)10-16(12)20-17(22)11-21(27(3,24)25)15-8-6-14(19)7-9-15/h4-10H,11H2,1-3H3,(H,20,22). The number of nitrogens with one attached hydrogen (secondary N) is 1. The number of carbonyl (C=O) groups is 2. The van der Waals surface area contributed by atoms with Crippen LogP contribution in [0.5, 0.6) is 0 Å². The number of amides is 1. The molecule has 7 nitrogen and oxygen atoms in total. The summed E-state index contributed by atoms with van der Waals surface area (Å²) in [5, 5.41) is 2.65. The Hall–Kier alpha value is -2.39. The number of methoxy groups -OCH3 is 1. The lowest BCUT2D eigenvalue weighted by molar-refractivity contribution is -0.114. The molecule has 0 radical (unpaired) electrons. The first kappa shape index (κ1) is 20.9. The smallest absolute Gasteiger partial charge is 0.337 e. The fraction of sp³-hybridized carbons (Fsp3) is 0.222. The number of halogens is 1. The molecule has 0 saturated carbocycles. The summed E-state index contributed by atoms with van der Waals surface area (Å²) >= 11 is 3.29. The fourth-order valence-electron chi connectivity index (χ4n) is 2.33. The highest BCUT2D eigenvalue weighted by Crippen LogP contribution is 2.22. The normalized spacial score (nSPS) is 11.0. The topological polar surface area (TPSA) is 92.8 Å². The van der Waals surface area contributed by atoms with Gasteiger partial charge in [0.1, 0.15) is 6.54 Å². The third-order valence-electron chi connectivity index (χ3n) is 3.73. The lowest BCUT2D eigenvalue weighted by atomic mass is 10.1.